The standard InChI is InChI=1S/C16H36N.C6H4ClNO2/c1-5-9-13-17(14-10-6-2,15-11-7-3)16-12-8-4;7-5-3-1-2-4-6(5)8(9)10/h5-16H2,1-4H3;1-4H/q+1;. The highest BCUT2D eigenvalue weighted by molar-refractivity contribution is 6.32. The molecule has 0 aliphatic heterocycles. The summed E-state index contributed by atoms with van der Waals surface area (Å²) in [5.41, 5.74) is -0.0517. The van der Waals surface area contributed by atoms with E-state index in [1.54, 1.807) is 12.1 Å². The zero-order chi connectivity index (χ0) is 20.5. The van der Waals surface area contributed by atoms with Crippen LogP contribution < -0.4 is 0 Å². The first-order valence-corrected chi connectivity index (χ1v) is 11.1. The number of rotatable bonds is 13. The van der Waals surface area contributed by atoms with Crippen LogP contribution in [-0.2, 0) is 0 Å². The lowest BCUT2D eigenvalue weighted by Crippen LogP contribution is -2.50. The van der Waals surface area contributed by atoms with Gasteiger partial charge in [-0.05, 0) is 31.7 Å². The molecule has 0 heterocycles. The summed E-state index contributed by atoms with van der Waals surface area (Å²) in [7, 11) is 0. The summed E-state index contributed by atoms with van der Waals surface area (Å²) in [6.07, 6.45) is 11.1. The summed E-state index contributed by atoms with van der Waals surface area (Å²) in [5, 5.41) is 10.3. The number of nitro groups is 1. The molecule has 0 bridgehead atoms. The van der Waals surface area contributed by atoms with Gasteiger partial charge in [0.2, 0.25) is 0 Å². The number of nitrogens with zero attached hydrogens (tertiary/aromatic N) is 2. The molecule has 0 unspecified atom stereocenters. The van der Waals surface area contributed by atoms with Crippen molar-refractivity contribution in [2.45, 2.75) is 79.1 Å². The fraction of sp³-hybridized carbons (Fsp3) is 0.727. The minimum absolute atomic E-state index is 0.0517. The third kappa shape index (κ3) is 11.3. The number of unbranched alkanes of at least 4 members (excludes halogenated alkanes) is 4. The molecule has 0 saturated heterocycles. The van der Waals surface area contributed by atoms with Crippen LogP contribution in [0.1, 0.15) is 79.1 Å². The molecular formula is C22H40ClN2O2+. The molecule has 1 aromatic rings. The Morgan fingerprint density at radius 1 is 0.815 bits per heavy atom. The van der Waals surface area contributed by atoms with Gasteiger partial charge in [0.1, 0.15) is 5.02 Å². The lowest BCUT2D eigenvalue weighted by molar-refractivity contribution is -0.929. The summed E-state index contributed by atoms with van der Waals surface area (Å²) < 4.78 is 1.42. The lowest BCUT2D eigenvalue weighted by Gasteiger charge is -2.39. The van der Waals surface area contributed by atoms with E-state index in [-0.39, 0.29) is 10.7 Å². The van der Waals surface area contributed by atoms with Crippen molar-refractivity contribution in [3.8, 4) is 0 Å². The highest BCUT2D eigenvalue weighted by Crippen LogP contribution is 2.22. The van der Waals surface area contributed by atoms with Crippen LogP contribution in [0.15, 0.2) is 24.3 Å². The third-order valence-electron chi connectivity index (χ3n) is 4.99. The number of para-hydroxylation sites is 1. The monoisotopic (exact) mass is 399 g/mol. The van der Waals surface area contributed by atoms with Crippen molar-refractivity contribution in [1.82, 2.24) is 0 Å². The molecule has 0 atom stereocenters. The van der Waals surface area contributed by atoms with Crippen LogP contribution in [0.25, 0.3) is 0 Å². The molecule has 4 nitrogen and oxygen atoms in total. The molecule has 0 saturated carbocycles. The van der Waals surface area contributed by atoms with Crippen molar-refractivity contribution in [1.29, 1.82) is 0 Å². The smallest absolute Gasteiger partial charge is 0.287 e. The van der Waals surface area contributed by atoms with Gasteiger partial charge in [-0.3, -0.25) is 10.1 Å². The largest absolute Gasteiger partial charge is 0.324 e. The average Bonchev–Trinajstić information content (AvgIpc) is 2.67. The normalized spacial score (nSPS) is 11.0. The van der Waals surface area contributed by atoms with Gasteiger partial charge >= 0.3 is 0 Å². The molecule has 0 aromatic heterocycles. The lowest BCUT2D eigenvalue weighted by atomic mass is 10.1. The van der Waals surface area contributed by atoms with E-state index < -0.39 is 4.92 Å². The maximum absolute atomic E-state index is 10.1. The summed E-state index contributed by atoms with van der Waals surface area (Å²) >= 11 is 5.48. The molecule has 1 aromatic carbocycles. The Morgan fingerprint density at radius 3 is 1.44 bits per heavy atom. The zero-order valence-electron chi connectivity index (χ0n) is 17.9. The Morgan fingerprint density at radius 2 is 1.19 bits per heavy atom. The predicted molar refractivity (Wildman–Crippen MR) is 117 cm³/mol. The van der Waals surface area contributed by atoms with E-state index in [2.05, 4.69) is 27.7 Å². The Balaban J connectivity index is 0.000000569. The van der Waals surface area contributed by atoms with Gasteiger partial charge in [-0.25, -0.2) is 0 Å². The van der Waals surface area contributed by atoms with Crippen molar-refractivity contribution < 1.29 is 9.41 Å². The Hall–Kier alpha value is -1.13. The van der Waals surface area contributed by atoms with Gasteiger partial charge in [0.25, 0.3) is 5.69 Å². The van der Waals surface area contributed by atoms with Gasteiger partial charge in [-0.2, -0.15) is 0 Å². The number of quaternary nitrogens is 1. The van der Waals surface area contributed by atoms with Crippen molar-refractivity contribution in [2.75, 3.05) is 26.2 Å². The molecule has 1 rings (SSSR count). The molecule has 0 amide bonds. The number of halogens is 1. The van der Waals surface area contributed by atoms with Crippen LogP contribution in [0, 0.1) is 10.1 Å². The second-order valence-corrected chi connectivity index (χ2v) is 7.77. The van der Waals surface area contributed by atoms with Gasteiger partial charge in [0, 0.05) is 6.07 Å². The zero-order valence-corrected chi connectivity index (χ0v) is 18.6. The summed E-state index contributed by atoms with van der Waals surface area (Å²) in [4.78, 5) is 9.63. The van der Waals surface area contributed by atoms with Crippen LogP contribution in [-0.4, -0.2) is 35.6 Å². The number of hydrogen-bond acceptors (Lipinski definition) is 2. The molecule has 0 radical (unpaired) electrons. The number of hydrogen-bond donors (Lipinski definition) is 0. The fourth-order valence-corrected chi connectivity index (χ4v) is 3.45. The quantitative estimate of drug-likeness (QED) is 0.199. The van der Waals surface area contributed by atoms with E-state index in [0.717, 1.165) is 0 Å². The molecule has 5 heteroatoms. The topological polar surface area (TPSA) is 43.1 Å². The molecule has 0 fully saturated rings. The minimum Gasteiger partial charge on any atom is -0.324 e. The second kappa shape index (κ2) is 15.9. The third-order valence-corrected chi connectivity index (χ3v) is 5.31. The minimum atomic E-state index is -0.512. The Labute approximate surface area is 171 Å². The molecular weight excluding hydrogens is 360 g/mol. The van der Waals surface area contributed by atoms with E-state index in [1.807, 2.05) is 0 Å². The van der Waals surface area contributed by atoms with Crippen LogP contribution in [0.2, 0.25) is 5.02 Å². The van der Waals surface area contributed by atoms with Crippen molar-refractivity contribution in [3.63, 3.8) is 0 Å². The van der Waals surface area contributed by atoms with Crippen LogP contribution in [0.5, 0.6) is 0 Å². The fourth-order valence-electron chi connectivity index (χ4n) is 3.24. The van der Waals surface area contributed by atoms with Gasteiger partial charge < -0.3 is 4.48 Å². The molecule has 156 valence electrons. The van der Waals surface area contributed by atoms with Gasteiger partial charge in [0.15, 0.2) is 0 Å². The number of nitro benzene ring substituents is 1. The summed E-state index contributed by atoms with van der Waals surface area (Å²) in [5.74, 6) is 0. The molecule has 0 spiro atoms. The van der Waals surface area contributed by atoms with Crippen molar-refractivity contribution in [3.05, 3.63) is 39.4 Å². The SMILES string of the molecule is CCCC[N+](CCCC)(CCCC)CCCC.O=[N+]([O-])c1ccccc1Cl. The van der Waals surface area contributed by atoms with E-state index in [4.69, 9.17) is 11.6 Å². The van der Waals surface area contributed by atoms with Crippen LogP contribution in [0.3, 0.4) is 0 Å². The van der Waals surface area contributed by atoms with E-state index in [1.165, 1.54) is 94.2 Å². The van der Waals surface area contributed by atoms with E-state index >= 15 is 0 Å². The predicted octanol–water partition coefficient (Wildman–Crippen LogP) is 7.25. The Bertz CT molecular complexity index is 471. The summed E-state index contributed by atoms with van der Waals surface area (Å²) in [6, 6.07) is 6.07. The average molecular weight is 400 g/mol. The maximum atomic E-state index is 10.1. The number of benzene rings is 1. The van der Waals surface area contributed by atoms with Crippen LogP contribution in [0.4, 0.5) is 5.69 Å². The molecule has 0 N–H and O–H groups in total. The van der Waals surface area contributed by atoms with Gasteiger partial charge in [-0.1, -0.05) is 77.1 Å². The highest BCUT2D eigenvalue weighted by Gasteiger charge is 2.24. The van der Waals surface area contributed by atoms with Gasteiger partial charge in [0.05, 0.1) is 31.1 Å². The molecule has 0 aliphatic rings. The summed E-state index contributed by atoms with van der Waals surface area (Å²) in [6.45, 7) is 15.0. The molecule has 0 aliphatic carbocycles. The van der Waals surface area contributed by atoms with Crippen molar-refractivity contribution in [2.24, 2.45) is 0 Å². The molecule has 27 heavy (non-hydrogen) atoms. The first kappa shape index (κ1) is 25.9. The van der Waals surface area contributed by atoms with Crippen molar-refractivity contribution >= 4 is 17.3 Å². The maximum Gasteiger partial charge on any atom is 0.287 e. The van der Waals surface area contributed by atoms with Gasteiger partial charge in [-0.15, -0.1) is 0 Å². The second-order valence-electron chi connectivity index (χ2n) is 7.36. The highest BCUT2D eigenvalue weighted by atomic mass is 35.5. The van der Waals surface area contributed by atoms with Crippen LogP contribution >= 0.6 is 11.6 Å². The van der Waals surface area contributed by atoms with E-state index in [0.29, 0.717) is 0 Å². The first-order valence-electron chi connectivity index (χ1n) is 10.7. The Kier molecular flexibility index (Phi) is 15.2. The van der Waals surface area contributed by atoms with E-state index in [9.17, 15) is 10.1 Å². The first-order chi connectivity index (χ1) is 13.0.